The lowest BCUT2D eigenvalue weighted by atomic mass is 9.79. The van der Waals surface area contributed by atoms with Crippen LogP contribution in [0.2, 0.25) is 0 Å². The van der Waals surface area contributed by atoms with Gasteiger partial charge in [0.05, 0.1) is 24.0 Å². The second kappa shape index (κ2) is 10.2. The van der Waals surface area contributed by atoms with Crippen molar-refractivity contribution in [2.45, 2.75) is 19.8 Å². The number of benzene rings is 3. The fraction of sp³-hybridized carbons (Fsp3) is 0.129. The number of carbonyl (C=O) groups excluding carboxylic acids is 2. The summed E-state index contributed by atoms with van der Waals surface area (Å²) in [5.41, 5.74) is 4.00. The van der Waals surface area contributed by atoms with Gasteiger partial charge >= 0.3 is 5.97 Å². The normalized spacial score (nSPS) is 15.3. The lowest BCUT2D eigenvalue weighted by Crippen LogP contribution is -2.33. The van der Waals surface area contributed by atoms with E-state index in [0.29, 0.717) is 50.5 Å². The molecule has 5 rings (SSSR count). The highest BCUT2D eigenvalue weighted by molar-refractivity contribution is 6.08. The molecule has 2 heterocycles. The maximum Gasteiger partial charge on any atom is 0.336 e. The summed E-state index contributed by atoms with van der Waals surface area (Å²) in [5.74, 6) is -1.25. The van der Waals surface area contributed by atoms with Gasteiger partial charge in [0.1, 0.15) is 11.3 Å². The first-order chi connectivity index (χ1) is 18.4. The molecular formula is C31H26N2O5. The SMILES string of the molecule is COC(=O)C1=C(C)NC(C)=C(C(=O)Nc2ccccc2)C1c1ccc2oc(-c3ccccc3)cc(=O)c2c1. The zero-order valence-electron chi connectivity index (χ0n) is 21.2. The fourth-order valence-electron chi connectivity index (χ4n) is 4.83. The first-order valence-electron chi connectivity index (χ1n) is 12.1. The minimum Gasteiger partial charge on any atom is -0.466 e. The Morgan fingerprint density at radius 1 is 0.868 bits per heavy atom. The van der Waals surface area contributed by atoms with Gasteiger partial charge in [0.15, 0.2) is 5.43 Å². The molecule has 0 saturated carbocycles. The average molecular weight is 507 g/mol. The van der Waals surface area contributed by atoms with E-state index in [9.17, 15) is 14.4 Å². The number of rotatable bonds is 5. The number of hydrogen-bond donors (Lipinski definition) is 2. The predicted molar refractivity (Wildman–Crippen MR) is 146 cm³/mol. The van der Waals surface area contributed by atoms with Crippen LogP contribution in [0.4, 0.5) is 5.69 Å². The van der Waals surface area contributed by atoms with Crippen LogP contribution in [0.3, 0.4) is 0 Å². The molecule has 1 amide bonds. The van der Waals surface area contributed by atoms with Gasteiger partial charge in [-0.05, 0) is 43.7 Å². The second-order valence-electron chi connectivity index (χ2n) is 9.04. The molecular weight excluding hydrogens is 480 g/mol. The van der Waals surface area contributed by atoms with Crippen molar-refractivity contribution in [3.8, 4) is 11.3 Å². The van der Waals surface area contributed by atoms with E-state index < -0.39 is 11.9 Å². The van der Waals surface area contributed by atoms with Crippen LogP contribution in [0.15, 0.2) is 117 Å². The maximum absolute atomic E-state index is 13.6. The van der Waals surface area contributed by atoms with Crippen LogP contribution in [0.5, 0.6) is 0 Å². The molecule has 0 spiro atoms. The number of allylic oxidation sites excluding steroid dienone is 2. The largest absolute Gasteiger partial charge is 0.466 e. The Morgan fingerprint density at radius 2 is 1.53 bits per heavy atom. The zero-order chi connectivity index (χ0) is 26.8. The maximum atomic E-state index is 13.6. The van der Waals surface area contributed by atoms with E-state index in [1.54, 1.807) is 44.2 Å². The third kappa shape index (κ3) is 4.62. The molecule has 0 fully saturated rings. The molecule has 0 radical (unpaired) electrons. The van der Waals surface area contributed by atoms with Crippen LogP contribution in [-0.4, -0.2) is 19.0 Å². The third-order valence-corrected chi connectivity index (χ3v) is 6.58. The van der Waals surface area contributed by atoms with Gasteiger partial charge in [-0.25, -0.2) is 4.79 Å². The Kier molecular flexibility index (Phi) is 6.66. The van der Waals surface area contributed by atoms with Crippen molar-refractivity contribution in [3.05, 3.63) is 123 Å². The van der Waals surface area contributed by atoms with Crippen LogP contribution in [-0.2, 0) is 14.3 Å². The number of anilines is 1. The van der Waals surface area contributed by atoms with E-state index in [-0.39, 0.29) is 11.3 Å². The van der Waals surface area contributed by atoms with Crippen LogP contribution in [0.25, 0.3) is 22.3 Å². The quantitative estimate of drug-likeness (QED) is 0.347. The van der Waals surface area contributed by atoms with Gasteiger partial charge in [0, 0.05) is 34.3 Å². The lowest BCUT2D eigenvalue weighted by Gasteiger charge is -2.31. The van der Waals surface area contributed by atoms with E-state index in [4.69, 9.17) is 9.15 Å². The molecule has 4 aromatic rings. The molecule has 1 atom stereocenters. The molecule has 7 nitrogen and oxygen atoms in total. The van der Waals surface area contributed by atoms with Crippen molar-refractivity contribution in [2.75, 3.05) is 12.4 Å². The first kappa shape index (κ1) is 24.8. The van der Waals surface area contributed by atoms with E-state index in [1.807, 2.05) is 48.5 Å². The summed E-state index contributed by atoms with van der Waals surface area (Å²) in [6, 6.07) is 25.1. The summed E-state index contributed by atoms with van der Waals surface area (Å²) in [6.07, 6.45) is 0. The molecule has 1 aliphatic rings. The number of nitrogens with one attached hydrogen (secondary N) is 2. The van der Waals surface area contributed by atoms with E-state index in [2.05, 4.69) is 10.6 Å². The zero-order valence-corrected chi connectivity index (χ0v) is 21.2. The Bertz CT molecular complexity index is 1670. The number of amides is 1. The van der Waals surface area contributed by atoms with Crippen LogP contribution >= 0.6 is 0 Å². The lowest BCUT2D eigenvalue weighted by molar-refractivity contribution is -0.136. The molecule has 0 bridgehead atoms. The highest BCUT2D eigenvalue weighted by Crippen LogP contribution is 2.40. The standard InChI is InChI=1S/C31H26N2O5/c1-18-27(30(35)33-22-12-8-5-9-13-22)29(28(19(2)32-18)31(36)37-3)21-14-15-25-23(16-21)24(34)17-26(38-25)20-10-6-4-7-11-20/h4-17,29,32H,1-3H3,(H,33,35). The number of fused-ring (bicyclic) bond motifs is 1. The summed E-state index contributed by atoms with van der Waals surface area (Å²) >= 11 is 0. The van der Waals surface area contributed by atoms with Gasteiger partial charge in [-0.1, -0.05) is 54.6 Å². The predicted octanol–water partition coefficient (Wildman–Crippen LogP) is 5.51. The summed E-state index contributed by atoms with van der Waals surface area (Å²) in [7, 11) is 1.30. The summed E-state index contributed by atoms with van der Waals surface area (Å²) in [5, 5.41) is 6.42. The number of para-hydroxylation sites is 1. The molecule has 1 aliphatic heterocycles. The van der Waals surface area contributed by atoms with Crippen LogP contribution in [0.1, 0.15) is 25.3 Å². The smallest absolute Gasteiger partial charge is 0.336 e. The number of esters is 1. The van der Waals surface area contributed by atoms with Crippen LogP contribution in [0, 0.1) is 0 Å². The van der Waals surface area contributed by atoms with Crippen molar-refractivity contribution >= 4 is 28.5 Å². The topological polar surface area (TPSA) is 97.6 Å². The first-order valence-corrected chi connectivity index (χ1v) is 12.1. The highest BCUT2D eigenvalue weighted by Gasteiger charge is 2.37. The number of dihydropyridines is 1. The Hall–Kier alpha value is -4.91. The highest BCUT2D eigenvalue weighted by atomic mass is 16.5. The van der Waals surface area contributed by atoms with Crippen molar-refractivity contribution in [1.82, 2.24) is 5.32 Å². The molecule has 38 heavy (non-hydrogen) atoms. The molecule has 1 unspecified atom stereocenters. The monoisotopic (exact) mass is 506 g/mol. The Balaban J connectivity index is 1.64. The number of ether oxygens (including phenoxy) is 1. The Labute approximate surface area is 219 Å². The summed E-state index contributed by atoms with van der Waals surface area (Å²) in [4.78, 5) is 39.8. The van der Waals surface area contributed by atoms with E-state index in [0.717, 1.165) is 5.56 Å². The molecule has 1 aromatic heterocycles. The molecule has 0 saturated heterocycles. The summed E-state index contributed by atoms with van der Waals surface area (Å²) in [6.45, 7) is 3.54. The third-order valence-electron chi connectivity index (χ3n) is 6.58. The van der Waals surface area contributed by atoms with Crippen molar-refractivity contribution in [2.24, 2.45) is 0 Å². The number of methoxy groups -OCH3 is 1. The average Bonchev–Trinajstić information content (AvgIpc) is 2.93. The van der Waals surface area contributed by atoms with Gasteiger partial charge in [0.2, 0.25) is 0 Å². The van der Waals surface area contributed by atoms with Crippen molar-refractivity contribution in [1.29, 1.82) is 0 Å². The second-order valence-corrected chi connectivity index (χ2v) is 9.04. The van der Waals surface area contributed by atoms with Gasteiger partial charge in [0.25, 0.3) is 5.91 Å². The number of carbonyl (C=O) groups is 2. The molecule has 190 valence electrons. The minimum atomic E-state index is -0.773. The molecule has 3 aromatic carbocycles. The molecule has 0 aliphatic carbocycles. The van der Waals surface area contributed by atoms with Gasteiger partial charge in [-0.2, -0.15) is 0 Å². The fourth-order valence-corrected chi connectivity index (χ4v) is 4.83. The van der Waals surface area contributed by atoms with Gasteiger partial charge in [-0.3, -0.25) is 9.59 Å². The minimum absolute atomic E-state index is 0.225. The number of hydrogen-bond acceptors (Lipinski definition) is 6. The Morgan fingerprint density at radius 3 is 2.21 bits per heavy atom. The summed E-state index contributed by atoms with van der Waals surface area (Å²) < 4.78 is 11.2. The van der Waals surface area contributed by atoms with Crippen molar-refractivity contribution in [3.63, 3.8) is 0 Å². The van der Waals surface area contributed by atoms with E-state index >= 15 is 0 Å². The van der Waals surface area contributed by atoms with E-state index in [1.165, 1.54) is 13.2 Å². The van der Waals surface area contributed by atoms with Gasteiger partial charge < -0.3 is 19.8 Å². The van der Waals surface area contributed by atoms with Crippen LogP contribution < -0.4 is 16.1 Å². The van der Waals surface area contributed by atoms with Crippen molar-refractivity contribution < 1.29 is 18.7 Å². The molecule has 7 heteroatoms. The molecule has 2 N–H and O–H groups in total. The van der Waals surface area contributed by atoms with Gasteiger partial charge in [-0.15, -0.1) is 0 Å².